The van der Waals surface area contributed by atoms with Crippen molar-refractivity contribution >= 4 is 23.3 Å². The lowest BCUT2D eigenvalue weighted by Gasteiger charge is -2.38. The molecule has 2 aromatic carbocycles. The molecule has 0 spiro atoms. The van der Waals surface area contributed by atoms with Gasteiger partial charge >= 0.3 is 0 Å². The molecule has 2 heterocycles. The van der Waals surface area contributed by atoms with Gasteiger partial charge in [0.2, 0.25) is 5.95 Å². The minimum atomic E-state index is -0.411. The smallest absolute Gasteiger partial charge is 0.226 e. The van der Waals surface area contributed by atoms with Crippen LogP contribution < -0.4 is 10.1 Å². The number of Topliss-reactive ketones (excluding diaryl/α,β-unsaturated/α-hetero) is 1. The van der Waals surface area contributed by atoms with Crippen LogP contribution >= 0.6 is 11.6 Å². The molecule has 7 heteroatoms. The Morgan fingerprint density at radius 3 is 2.74 bits per heavy atom. The SMILES string of the molecule is COc1ccccc1[C@H]1C2=C(CC(C)(C)CC2=O)Nc2nc(-c3cccc(Cl)c3)nn21. The second kappa shape index (κ2) is 7.24. The third-order valence-corrected chi connectivity index (χ3v) is 6.08. The molecular weight excluding hydrogens is 412 g/mol. The normalized spacial score (nSPS) is 19.5. The van der Waals surface area contributed by atoms with E-state index in [-0.39, 0.29) is 11.2 Å². The molecule has 0 saturated carbocycles. The minimum Gasteiger partial charge on any atom is -0.496 e. The quantitative estimate of drug-likeness (QED) is 0.608. The summed E-state index contributed by atoms with van der Waals surface area (Å²) >= 11 is 6.19. The average molecular weight is 435 g/mol. The van der Waals surface area contributed by atoms with Gasteiger partial charge in [0.25, 0.3) is 0 Å². The fourth-order valence-corrected chi connectivity index (χ4v) is 4.73. The van der Waals surface area contributed by atoms with E-state index >= 15 is 0 Å². The minimum absolute atomic E-state index is 0.119. The molecule has 2 aliphatic rings. The van der Waals surface area contributed by atoms with Gasteiger partial charge in [0.1, 0.15) is 11.8 Å². The number of ketones is 1. The van der Waals surface area contributed by atoms with Gasteiger partial charge in [-0.05, 0) is 30.0 Å². The van der Waals surface area contributed by atoms with E-state index in [1.165, 1.54) is 0 Å². The molecule has 0 saturated heterocycles. The van der Waals surface area contributed by atoms with Crippen LogP contribution in [0.5, 0.6) is 5.75 Å². The fourth-order valence-electron chi connectivity index (χ4n) is 4.54. The van der Waals surface area contributed by atoms with Gasteiger partial charge in [-0.25, -0.2) is 4.68 Å². The monoisotopic (exact) mass is 434 g/mol. The Hall–Kier alpha value is -3.12. The largest absolute Gasteiger partial charge is 0.496 e. The van der Waals surface area contributed by atoms with Gasteiger partial charge in [-0.1, -0.05) is 55.8 Å². The van der Waals surface area contributed by atoms with Gasteiger partial charge in [-0.15, -0.1) is 5.10 Å². The molecule has 1 N–H and O–H groups in total. The van der Waals surface area contributed by atoms with E-state index in [0.717, 1.165) is 28.8 Å². The third kappa shape index (κ3) is 3.41. The van der Waals surface area contributed by atoms with Crippen LogP contribution in [-0.4, -0.2) is 27.7 Å². The molecule has 3 aromatic rings. The number of allylic oxidation sites excluding steroid dienone is 2. The first-order chi connectivity index (χ1) is 14.9. The van der Waals surface area contributed by atoms with Crippen LogP contribution in [0.15, 0.2) is 59.8 Å². The number of rotatable bonds is 3. The highest BCUT2D eigenvalue weighted by molar-refractivity contribution is 6.30. The van der Waals surface area contributed by atoms with Crippen LogP contribution in [0.25, 0.3) is 11.4 Å². The van der Waals surface area contributed by atoms with Gasteiger partial charge in [0.15, 0.2) is 11.6 Å². The van der Waals surface area contributed by atoms with Crippen LogP contribution in [0.3, 0.4) is 0 Å². The van der Waals surface area contributed by atoms with Crippen molar-refractivity contribution < 1.29 is 9.53 Å². The molecule has 0 bridgehead atoms. The Bertz CT molecular complexity index is 1230. The van der Waals surface area contributed by atoms with Crippen molar-refractivity contribution in [3.8, 4) is 17.1 Å². The molecule has 31 heavy (non-hydrogen) atoms. The van der Waals surface area contributed by atoms with Crippen molar-refractivity contribution in [1.29, 1.82) is 0 Å². The highest BCUT2D eigenvalue weighted by Gasteiger charge is 2.42. The summed E-state index contributed by atoms with van der Waals surface area (Å²) in [6.45, 7) is 4.23. The third-order valence-electron chi connectivity index (χ3n) is 5.85. The highest BCUT2D eigenvalue weighted by atomic mass is 35.5. The molecular formula is C24H23ClN4O2. The second-order valence-electron chi connectivity index (χ2n) is 8.82. The number of anilines is 1. The van der Waals surface area contributed by atoms with Crippen molar-refractivity contribution in [3.05, 3.63) is 70.4 Å². The van der Waals surface area contributed by atoms with E-state index < -0.39 is 6.04 Å². The van der Waals surface area contributed by atoms with Crippen molar-refractivity contribution in [3.63, 3.8) is 0 Å². The van der Waals surface area contributed by atoms with E-state index in [4.69, 9.17) is 26.4 Å². The molecule has 6 nitrogen and oxygen atoms in total. The first kappa shape index (κ1) is 19.8. The fraction of sp³-hybridized carbons (Fsp3) is 0.292. The van der Waals surface area contributed by atoms with Crippen molar-refractivity contribution in [2.45, 2.75) is 32.7 Å². The Labute approximate surface area is 185 Å². The Kier molecular flexibility index (Phi) is 4.63. The van der Waals surface area contributed by atoms with E-state index in [9.17, 15) is 4.79 Å². The number of ether oxygens (including phenoxy) is 1. The lowest BCUT2D eigenvalue weighted by molar-refractivity contribution is -0.118. The van der Waals surface area contributed by atoms with Crippen LogP contribution in [0.1, 0.15) is 38.3 Å². The summed E-state index contributed by atoms with van der Waals surface area (Å²) in [6.07, 6.45) is 1.25. The average Bonchev–Trinajstić information content (AvgIpc) is 3.15. The summed E-state index contributed by atoms with van der Waals surface area (Å²) in [5.74, 6) is 2.00. The summed E-state index contributed by atoms with van der Waals surface area (Å²) in [5, 5.41) is 8.82. The first-order valence-electron chi connectivity index (χ1n) is 10.2. The molecule has 0 fully saturated rings. The van der Waals surface area contributed by atoms with E-state index in [1.54, 1.807) is 11.8 Å². The Morgan fingerprint density at radius 2 is 1.97 bits per heavy atom. The summed E-state index contributed by atoms with van der Waals surface area (Å²) in [4.78, 5) is 18.1. The number of para-hydroxylation sites is 1. The molecule has 5 rings (SSSR count). The van der Waals surface area contributed by atoms with E-state index in [0.29, 0.717) is 29.0 Å². The number of carbonyl (C=O) groups excluding carboxylic acids is 1. The predicted molar refractivity (Wildman–Crippen MR) is 120 cm³/mol. The van der Waals surface area contributed by atoms with Crippen molar-refractivity contribution in [2.75, 3.05) is 12.4 Å². The number of halogens is 1. The summed E-state index contributed by atoms with van der Waals surface area (Å²) in [6, 6.07) is 14.8. The topological polar surface area (TPSA) is 69.0 Å². The zero-order chi connectivity index (χ0) is 21.8. The maximum atomic E-state index is 13.3. The number of nitrogens with zero attached hydrogens (tertiary/aromatic N) is 3. The number of benzene rings is 2. The van der Waals surface area contributed by atoms with E-state index in [1.807, 2.05) is 48.5 Å². The second-order valence-corrected chi connectivity index (χ2v) is 9.25. The first-order valence-corrected chi connectivity index (χ1v) is 10.6. The van der Waals surface area contributed by atoms with Crippen LogP contribution in [0.4, 0.5) is 5.95 Å². The molecule has 0 amide bonds. The number of nitrogens with one attached hydrogen (secondary N) is 1. The lowest BCUT2D eigenvalue weighted by atomic mass is 9.73. The highest BCUT2D eigenvalue weighted by Crippen LogP contribution is 2.47. The molecule has 1 aliphatic carbocycles. The number of carbonyl (C=O) groups is 1. The maximum absolute atomic E-state index is 13.3. The summed E-state index contributed by atoms with van der Waals surface area (Å²) < 4.78 is 7.44. The van der Waals surface area contributed by atoms with Gasteiger partial charge in [0, 0.05) is 33.8 Å². The van der Waals surface area contributed by atoms with Crippen LogP contribution in [0.2, 0.25) is 5.02 Å². The Morgan fingerprint density at radius 1 is 1.16 bits per heavy atom. The van der Waals surface area contributed by atoms with Crippen molar-refractivity contribution in [1.82, 2.24) is 14.8 Å². The van der Waals surface area contributed by atoms with E-state index in [2.05, 4.69) is 19.2 Å². The van der Waals surface area contributed by atoms with Gasteiger partial charge in [0.05, 0.1) is 7.11 Å². The number of methoxy groups -OCH3 is 1. The number of hydrogen-bond acceptors (Lipinski definition) is 5. The van der Waals surface area contributed by atoms with Gasteiger partial charge in [-0.3, -0.25) is 4.79 Å². The lowest BCUT2D eigenvalue weighted by Crippen LogP contribution is -2.36. The van der Waals surface area contributed by atoms with Gasteiger partial charge in [-0.2, -0.15) is 4.98 Å². The van der Waals surface area contributed by atoms with Crippen LogP contribution in [0, 0.1) is 5.41 Å². The zero-order valence-corrected chi connectivity index (χ0v) is 18.4. The molecule has 1 aromatic heterocycles. The number of hydrogen-bond donors (Lipinski definition) is 1. The Balaban J connectivity index is 1.72. The van der Waals surface area contributed by atoms with Crippen LogP contribution in [-0.2, 0) is 4.79 Å². The number of aromatic nitrogens is 3. The zero-order valence-electron chi connectivity index (χ0n) is 17.6. The molecule has 1 atom stereocenters. The molecule has 0 radical (unpaired) electrons. The molecule has 1 aliphatic heterocycles. The maximum Gasteiger partial charge on any atom is 0.226 e. The van der Waals surface area contributed by atoms with Gasteiger partial charge < -0.3 is 10.1 Å². The van der Waals surface area contributed by atoms with Crippen molar-refractivity contribution in [2.24, 2.45) is 5.41 Å². The number of fused-ring (bicyclic) bond motifs is 1. The predicted octanol–water partition coefficient (Wildman–Crippen LogP) is 5.27. The molecule has 0 unspecified atom stereocenters. The standard InChI is InChI=1S/C24H23ClN4O2/c1-24(2)12-17-20(18(30)13-24)21(16-9-4-5-10-19(16)31-3)29-23(26-17)27-22(28-29)14-7-6-8-15(25)11-14/h4-11,21H,12-13H2,1-3H3,(H,26,27,28)/t21-/m0/s1. The summed E-state index contributed by atoms with van der Waals surface area (Å²) in [7, 11) is 1.64. The summed E-state index contributed by atoms with van der Waals surface area (Å²) in [5.41, 5.74) is 3.23. The molecule has 158 valence electrons.